The highest BCUT2D eigenvalue weighted by atomic mass is 32.1. The van der Waals surface area contributed by atoms with Gasteiger partial charge in [-0.1, -0.05) is 41.7 Å². The van der Waals surface area contributed by atoms with E-state index >= 15 is 0 Å². The summed E-state index contributed by atoms with van der Waals surface area (Å²) in [5.41, 5.74) is 5.79. The summed E-state index contributed by atoms with van der Waals surface area (Å²) in [7, 11) is 3.49. The standard InChI is InChI=1S/C28H30N3O3S/c1-28(2)21-18-20(26(32)33-4)10-11-22(21)30(3)24(28)13-12-23-25(19-8-6-5-7-9-19)29-27(35-23)31-14-16-34-17-15-31/h5-13,18H,14-17H2,1-4H3/q+1. The first-order chi connectivity index (χ1) is 16.9. The largest absolute Gasteiger partial charge is 0.465 e. The molecule has 7 heteroatoms. The van der Waals surface area contributed by atoms with Crippen LogP contribution in [0.3, 0.4) is 0 Å². The molecular formula is C28H30N3O3S+. The number of benzene rings is 2. The van der Waals surface area contributed by atoms with Crippen molar-refractivity contribution in [3.05, 3.63) is 70.6 Å². The first kappa shape index (κ1) is 23.5. The zero-order valence-corrected chi connectivity index (χ0v) is 21.4. The fourth-order valence-electron chi connectivity index (χ4n) is 4.86. The minimum atomic E-state index is -0.317. The lowest BCUT2D eigenvalue weighted by atomic mass is 9.80. The average Bonchev–Trinajstić information content (AvgIpc) is 3.40. The van der Waals surface area contributed by atoms with Gasteiger partial charge < -0.3 is 14.4 Å². The number of thiazole rings is 1. The van der Waals surface area contributed by atoms with Crippen molar-refractivity contribution in [2.24, 2.45) is 0 Å². The number of ether oxygens (including phenoxy) is 2. The minimum Gasteiger partial charge on any atom is -0.465 e. The summed E-state index contributed by atoms with van der Waals surface area (Å²) in [6.45, 7) is 7.56. The smallest absolute Gasteiger partial charge is 0.337 e. The van der Waals surface area contributed by atoms with Gasteiger partial charge in [-0.2, -0.15) is 4.58 Å². The second-order valence-electron chi connectivity index (χ2n) is 9.30. The Morgan fingerprint density at radius 1 is 1.14 bits per heavy atom. The average molecular weight is 489 g/mol. The highest BCUT2D eigenvalue weighted by Gasteiger charge is 2.43. The maximum atomic E-state index is 12.1. The van der Waals surface area contributed by atoms with E-state index in [4.69, 9.17) is 14.5 Å². The number of morpholine rings is 1. The lowest BCUT2D eigenvalue weighted by molar-refractivity contribution is -0.401. The fraction of sp³-hybridized carbons (Fsp3) is 0.321. The summed E-state index contributed by atoms with van der Waals surface area (Å²) >= 11 is 1.72. The Balaban J connectivity index is 1.53. The Morgan fingerprint density at radius 3 is 2.60 bits per heavy atom. The second kappa shape index (κ2) is 9.40. The highest BCUT2D eigenvalue weighted by Crippen LogP contribution is 2.41. The predicted molar refractivity (Wildman–Crippen MR) is 141 cm³/mol. The van der Waals surface area contributed by atoms with Crippen LogP contribution < -0.4 is 4.90 Å². The van der Waals surface area contributed by atoms with Crippen LogP contribution in [0.2, 0.25) is 0 Å². The van der Waals surface area contributed by atoms with E-state index < -0.39 is 0 Å². The molecule has 0 bridgehead atoms. The quantitative estimate of drug-likeness (QED) is 0.367. The summed E-state index contributed by atoms with van der Waals surface area (Å²) in [4.78, 5) is 20.6. The van der Waals surface area contributed by atoms with Crippen molar-refractivity contribution < 1.29 is 18.8 Å². The van der Waals surface area contributed by atoms with Gasteiger partial charge in [0.1, 0.15) is 7.05 Å². The van der Waals surface area contributed by atoms with E-state index in [0.29, 0.717) is 5.56 Å². The van der Waals surface area contributed by atoms with Gasteiger partial charge in [0.25, 0.3) is 0 Å². The molecule has 180 valence electrons. The molecule has 0 amide bonds. The summed E-state index contributed by atoms with van der Waals surface area (Å²) in [5, 5.41) is 1.03. The van der Waals surface area contributed by atoms with Crippen molar-refractivity contribution in [1.29, 1.82) is 0 Å². The first-order valence-corrected chi connectivity index (χ1v) is 12.6. The molecule has 1 aromatic heterocycles. The summed E-state index contributed by atoms with van der Waals surface area (Å²) in [6, 6.07) is 16.1. The van der Waals surface area contributed by atoms with Crippen LogP contribution in [0.15, 0.2) is 54.6 Å². The van der Waals surface area contributed by atoms with Crippen LogP contribution in [-0.2, 0) is 14.9 Å². The van der Waals surface area contributed by atoms with E-state index in [0.717, 1.165) is 64.5 Å². The van der Waals surface area contributed by atoms with Crippen LogP contribution in [0.25, 0.3) is 17.3 Å². The normalized spacial score (nSPS) is 17.2. The lowest BCUT2D eigenvalue weighted by Gasteiger charge is -2.26. The van der Waals surface area contributed by atoms with Gasteiger partial charge in [0.15, 0.2) is 10.8 Å². The molecule has 0 spiro atoms. The van der Waals surface area contributed by atoms with Gasteiger partial charge in [0, 0.05) is 36.4 Å². The number of aromatic nitrogens is 1. The van der Waals surface area contributed by atoms with E-state index in [-0.39, 0.29) is 11.4 Å². The lowest BCUT2D eigenvalue weighted by Crippen LogP contribution is -2.36. The molecule has 0 N–H and O–H groups in total. The summed E-state index contributed by atoms with van der Waals surface area (Å²) in [5.74, 6) is -0.317. The number of esters is 1. The van der Waals surface area contributed by atoms with Crippen LogP contribution in [0.1, 0.15) is 34.6 Å². The third-order valence-corrected chi connectivity index (χ3v) is 7.90. The third-order valence-electron chi connectivity index (χ3n) is 6.82. The van der Waals surface area contributed by atoms with E-state index in [2.05, 4.69) is 66.8 Å². The van der Waals surface area contributed by atoms with Crippen molar-refractivity contribution >= 4 is 39.9 Å². The van der Waals surface area contributed by atoms with Gasteiger partial charge >= 0.3 is 5.97 Å². The molecule has 0 saturated carbocycles. The van der Waals surface area contributed by atoms with Crippen LogP contribution in [-0.4, -0.2) is 61.7 Å². The molecule has 5 rings (SSSR count). The molecule has 0 radical (unpaired) electrons. The van der Waals surface area contributed by atoms with Crippen LogP contribution >= 0.6 is 11.3 Å². The number of methoxy groups -OCH3 is 1. The van der Waals surface area contributed by atoms with Crippen molar-refractivity contribution in [1.82, 2.24) is 4.98 Å². The summed E-state index contributed by atoms with van der Waals surface area (Å²) in [6.07, 6.45) is 4.38. The number of rotatable bonds is 5. The first-order valence-electron chi connectivity index (χ1n) is 11.8. The zero-order valence-electron chi connectivity index (χ0n) is 20.6. The van der Waals surface area contributed by atoms with Crippen molar-refractivity contribution in [3.63, 3.8) is 0 Å². The summed E-state index contributed by atoms with van der Waals surface area (Å²) < 4.78 is 12.7. The molecule has 35 heavy (non-hydrogen) atoms. The van der Waals surface area contributed by atoms with Crippen molar-refractivity contribution in [3.8, 4) is 11.3 Å². The maximum absolute atomic E-state index is 12.1. The van der Waals surface area contributed by atoms with Gasteiger partial charge in [-0.15, -0.1) is 0 Å². The van der Waals surface area contributed by atoms with E-state index in [1.54, 1.807) is 11.3 Å². The Kier molecular flexibility index (Phi) is 6.30. The molecule has 2 aliphatic heterocycles. The molecule has 0 aliphatic carbocycles. The topological polar surface area (TPSA) is 54.7 Å². The Hall–Kier alpha value is -3.29. The number of carbonyl (C=O) groups excluding carboxylic acids is 1. The fourth-order valence-corrected chi connectivity index (χ4v) is 5.90. The number of nitrogens with zero attached hydrogens (tertiary/aromatic N) is 3. The number of hydrogen-bond acceptors (Lipinski definition) is 6. The number of carbonyl (C=O) groups is 1. The van der Waals surface area contributed by atoms with E-state index in [1.165, 1.54) is 7.11 Å². The zero-order chi connectivity index (χ0) is 24.6. The Labute approximate surface area is 210 Å². The van der Waals surface area contributed by atoms with E-state index in [1.807, 2.05) is 24.3 Å². The number of anilines is 1. The molecule has 1 fully saturated rings. The molecule has 0 atom stereocenters. The molecular weight excluding hydrogens is 458 g/mol. The van der Waals surface area contributed by atoms with Crippen molar-refractivity contribution in [2.45, 2.75) is 19.3 Å². The minimum absolute atomic E-state index is 0.269. The molecule has 2 aromatic carbocycles. The molecule has 3 heterocycles. The van der Waals surface area contributed by atoms with Crippen LogP contribution in [0, 0.1) is 0 Å². The number of fused-ring (bicyclic) bond motifs is 1. The molecule has 3 aromatic rings. The molecule has 2 aliphatic rings. The highest BCUT2D eigenvalue weighted by molar-refractivity contribution is 7.17. The van der Waals surface area contributed by atoms with Gasteiger partial charge in [0.05, 0.1) is 41.9 Å². The molecule has 1 saturated heterocycles. The number of hydrogen-bond donors (Lipinski definition) is 0. The predicted octanol–water partition coefficient (Wildman–Crippen LogP) is 5.15. The van der Waals surface area contributed by atoms with Gasteiger partial charge in [0.2, 0.25) is 5.69 Å². The Morgan fingerprint density at radius 2 is 1.89 bits per heavy atom. The second-order valence-corrected chi connectivity index (χ2v) is 10.3. The third kappa shape index (κ3) is 4.30. The Bertz CT molecular complexity index is 1320. The number of allylic oxidation sites excluding steroid dienone is 1. The van der Waals surface area contributed by atoms with Gasteiger partial charge in [-0.25, -0.2) is 9.78 Å². The van der Waals surface area contributed by atoms with Crippen LogP contribution in [0.4, 0.5) is 10.8 Å². The van der Waals surface area contributed by atoms with Gasteiger partial charge in [-0.3, -0.25) is 0 Å². The monoisotopic (exact) mass is 488 g/mol. The van der Waals surface area contributed by atoms with Crippen LogP contribution in [0.5, 0.6) is 0 Å². The van der Waals surface area contributed by atoms with E-state index in [9.17, 15) is 4.79 Å². The maximum Gasteiger partial charge on any atom is 0.337 e. The van der Waals surface area contributed by atoms with Crippen molar-refractivity contribution in [2.75, 3.05) is 45.4 Å². The molecule has 6 nitrogen and oxygen atoms in total. The van der Waals surface area contributed by atoms with Gasteiger partial charge in [-0.05, 0) is 32.1 Å². The SMILES string of the molecule is COC(=O)c1ccc2c(c1)C(C)(C)C(C=Cc1sc(N3CCOCC3)nc1-c1ccccc1)=[N+]2C. The molecule has 0 unspecified atom stereocenters.